The molecule has 160 valence electrons. The van der Waals surface area contributed by atoms with Crippen molar-refractivity contribution in [2.75, 3.05) is 29.9 Å². The van der Waals surface area contributed by atoms with E-state index in [-0.39, 0.29) is 23.6 Å². The fourth-order valence-electron chi connectivity index (χ4n) is 4.09. The molecule has 6 heteroatoms. The number of nitrogens with one attached hydrogen (secondary N) is 1. The van der Waals surface area contributed by atoms with Crippen molar-refractivity contribution in [3.63, 3.8) is 0 Å². The van der Waals surface area contributed by atoms with Crippen LogP contribution in [-0.2, 0) is 14.4 Å². The Balaban J connectivity index is 1.26. The van der Waals surface area contributed by atoms with E-state index in [2.05, 4.69) is 5.32 Å². The first-order valence-corrected chi connectivity index (χ1v) is 10.8. The van der Waals surface area contributed by atoms with Crippen molar-refractivity contribution in [2.45, 2.75) is 25.7 Å². The van der Waals surface area contributed by atoms with Gasteiger partial charge in [-0.3, -0.25) is 14.4 Å². The summed E-state index contributed by atoms with van der Waals surface area (Å²) in [4.78, 5) is 40.5. The van der Waals surface area contributed by atoms with E-state index in [1.54, 1.807) is 15.9 Å². The Bertz CT molecular complexity index is 961. The summed E-state index contributed by atoms with van der Waals surface area (Å²) in [5.41, 5.74) is 2.59. The molecule has 0 unspecified atom stereocenters. The maximum absolute atomic E-state index is 12.7. The number of piperidine rings is 1. The van der Waals surface area contributed by atoms with E-state index in [0.717, 1.165) is 29.9 Å². The number of nitrogens with zero attached hydrogens (tertiary/aromatic N) is 2. The molecule has 0 atom stereocenters. The van der Waals surface area contributed by atoms with Gasteiger partial charge in [0.1, 0.15) is 0 Å². The van der Waals surface area contributed by atoms with Crippen molar-refractivity contribution >= 4 is 35.2 Å². The van der Waals surface area contributed by atoms with Gasteiger partial charge in [0.2, 0.25) is 17.7 Å². The SMILES string of the molecule is O=C(Nc1ccc(N2CCCC2=O)cc1)C1CCN(C(=O)/C=C/c2ccccc2)CC1. The lowest BCUT2D eigenvalue weighted by molar-refractivity contribution is -0.130. The van der Waals surface area contributed by atoms with Gasteiger partial charge in [-0.05, 0) is 55.2 Å². The average Bonchev–Trinajstić information content (AvgIpc) is 3.24. The van der Waals surface area contributed by atoms with Crippen LogP contribution in [0.5, 0.6) is 0 Å². The number of hydrogen-bond acceptors (Lipinski definition) is 3. The lowest BCUT2D eigenvalue weighted by atomic mass is 9.95. The summed E-state index contributed by atoms with van der Waals surface area (Å²) in [7, 11) is 0. The largest absolute Gasteiger partial charge is 0.339 e. The van der Waals surface area contributed by atoms with Gasteiger partial charge in [0.25, 0.3) is 0 Å². The van der Waals surface area contributed by atoms with E-state index in [9.17, 15) is 14.4 Å². The highest BCUT2D eigenvalue weighted by atomic mass is 16.2. The van der Waals surface area contributed by atoms with Crippen LogP contribution in [0.3, 0.4) is 0 Å². The molecular formula is C25H27N3O3. The number of rotatable bonds is 5. The summed E-state index contributed by atoms with van der Waals surface area (Å²) in [6, 6.07) is 17.2. The molecule has 2 fully saturated rings. The van der Waals surface area contributed by atoms with Crippen LogP contribution in [0.2, 0.25) is 0 Å². The highest BCUT2D eigenvalue weighted by Gasteiger charge is 2.27. The van der Waals surface area contributed by atoms with E-state index in [1.807, 2.05) is 60.7 Å². The molecule has 31 heavy (non-hydrogen) atoms. The Labute approximate surface area is 182 Å². The van der Waals surface area contributed by atoms with Gasteiger partial charge in [-0.1, -0.05) is 30.3 Å². The van der Waals surface area contributed by atoms with Crippen molar-refractivity contribution < 1.29 is 14.4 Å². The third-order valence-corrected chi connectivity index (χ3v) is 5.92. The van der Waals surface area contributed by atoms with Crippen LogP contribution >= 0.6 is 0 Å². The second kappa shape index (κ2) is 9.60. The molecule has 0 saturated carbocycles. The molecule has 2 aromatic carbocycles. The third-order valence-electron chi connectivity index (χ3n) is 5.92. The zero-order valence-electron chi connectivity index (χ0n) is 17.5. The predicted octanol–water partition coefficient (Wildman–Crippen LogP) is 3.70. The first-order valence-electron chi connectivity index (χ1n) is 10.8. The first-order chi connectivity index (χ1) is 15.1. The van der Waals surface area contributed by atoms with Gasteiger partial charge in [0, 0.05) is 49.4 Å². The van der Waals surface area contributed by atoms with Gasteiger partial charge in [0.05, 0.1) is 0 Å². The lowest BCUT2D eigenvalue weighted by Gasteiger charge is -2.30. The van der Waals surface area contributed by atoms with Gasteiger partial charge in [-0.15, -0.1) is 0 Å². The Morgan fingerprint density at radius 3 is 2.29 bits per heavy atom. The molecule has 0 aliphatic carbocycles. The van der Waals surface area contributed by atoms with Crippen LogP contribution in [0.4, 0.5) is 11.4 Å². The normalized spacial score (nSPS) is 17.4. The van der Waals surface area contributed by atoms with Crippen LogP contribution in [0.15, 0.2) is 60.7 Å². The predicted molar refractivity (Wildman–Crippen MR) is 121 cm³/mol. The van der Waals surface area contributed by atoms with Gasteiger partial charge in [-0.2, -0.15) is 0 Å². The van der Waals surface area contributed by atoms with Crippen LogP contribution in [-0.4, -0.2) is 42.3 Å². The van der Waals surface area contributed by atoms with Crippen molar-refractivity contribution in [3.05, 3.63) is 66.2 Å². The molecule has 2 aromatic rings. The quantitative estimate of drug-likeness (QED) is 0.754. The van der Waals surface area contributed by atoms with E-state index in [1.165, 1.54) is 0 Å². The Hall–Kier alpha value is -3.41. The Morgan fingerprint density at radius 2 is 1.65 bits per heavy atom. The number of anilines is 2. The van der Waals surface area contributed by atoms with Crippen LogP contribution in [0.1, 0.15) is 31.2 Å². The topological polar surface area (TPSA) is 69.7 Å². The van der Waals surface area contributed by atoms with Gasteiger partial charge in [0.15, 0.2) is 0 Å². The maximum atomic E-state index is 12.7. The number of benzene rings is 2. The summed E-state index contributed by atoms with van der Waals surface area (Å²) < 4.78 is 0. The van der Waals surface area contributed by atoms with Gasteiger partial charge >= 0.3 is 0 Å². The van der Waals surface area contributed by atoms with Crippen LogP contribution in [0, 0.1) is 5.92 Å². The molecule has 0 aromatic heterocycles. The molecule has 3 amide bonds. The number of hydrogen-bond donors (Lipinski definition) is 1. The zero-order chi connectivity index (χ0) is 21.6. The second-order valence-corrected chi connectivity index (χ2v) is 8.03. The van der Waals surface area contributed by atoms with Crippen LogP contribution < -0.4 is 10.2 Å². The minimum absolute atomic E-state index is 0.0167. The third kappa shape index (κ3) is 5.20. The summed E-state index contributed by atoms with van der Waals surface area (Å²) in [6.07, 6.45) is 6.21. The highest BCUT2D eigenvalue weighted by Crippen LogP contribution is 2.24. The van der Waals surface area contributed by atoms with Crippen molar-refractivity contribution in [3.8, 4) is 0 Å². The average molecular weight is 418 g/mol. The number of amides is 3. The molecule has 0 bridgehead atoms. The smallest absolute Gasteiger partial charge is 0.246 e. The first kappa shape index (κ1) is 20.8. The molecule has 2 aliphatic heterocycles. The fraction of sp³-hybridized carbons (Fsp3) is 0.320. The molecule has 4 rings (SSSR count). The lowest BCUT2D eigenvalue weighted by Crippen LogP contribution is -2.40. The molecule has 0 radical (unpaired) electrons. The van der Waals surface area contributed by atoms with E-state index in [0.29, 0.717) is 32.4 Å². The second-order valence-electron chi connectivity index (χ2n) is 8.03. The highest BCUT2D eigenvalue weighted by molar-refractivity contribution is 5.96. The Kier molecular flexibility index (Phi) is 6.46. The van der Waals surface area contributed by atoms with Crippen LogP contribution in [0.25, 0.3) is 6.08 Å². The van der Waals surface area contributed by atoms with Crippen molar-refractivity contribution in [1.29, 1.82) is 0 Å². The van der Waals surface area contributed by atoms with E-state index < -0.39 is 0 Å². The molecular weight excluding hydrogens is 390 g/mol. The number of likely N-dealkylation sites (tertiary alicyclic amines) is 1. The summed E-state index contributed by atoms with van der Waals surface area (Å²) >= 11 is 0. The van der Waals surface area contributed by atoms with Crippen molar-refractivity contribution in [1.82, 2.24) is 4.90 Å². The molecule has 1 N–H and O–H groups in total. The molecule has 2 aliphatic rings. The van der Waals surface area contributed by atoms with E-state index >= 15 is 0 Å². The minimum Gasteiger partial charge on any atom is -0.339 e. The standard InChI is InChI=1S/C25H27N3O3/c29-23(13-8-19-5-2-1-3-6-19)27-17-14-20(15-18-27)25(31)26-21-9-11-22(12-10-21)28-16-4-7-24(28)30/h1-3,5-6,8-13,20H,4,7,14-18H2,(H,26,31)/b13-8+. The molecule has 0 spiro atoms. The number of carbonyl (C=O) groups excluding carboxylic acids is 3. The molecule has 6 nitrogen and oxygen atoms in total. The maximum Gasteiger partial charge on any atom is 0.246 e. The van der Waals surface area contributed by atoms with Gasteiger partial charge in [-0.25, -0.2) is 0 Å². The minimum atomic E-state index is -0.109. The van der Waals surface area contributed by atoms with Crippen molar-refractivity contribution in [2.24, 2.45) is 5.92 Å². The summed E-state index contributed by atoms with van der Waals surface area (Å²) in [5.74, 6) is 0.00498. The van der Waals surface area contributed by atoms with E-state index in [4.69, 9.17) is 0 Å². The molecule has 2 heterocycles. The monoisotopic (exact) mass is 417 g/mol. The Morgan fingerprint density at radius 1 is 0.935 bits per heavy atom. The summed E-state index contributed by atoms with van der Waals surface area (Å²) in [6.45, 7) is 1.90. The van der Waals surface area contributed by atoms with Gasteiger partial charge < -0.3 is 15.1 Å². The summed E-state index contributed by atoms with van der Waals surface area (Å²) in [5, 5.41) is 2.97. The number of carbonyl (C=O) groups is 3. The molecule has 2 saturated heterocycles. The zero-order valence-corrected chi connectivity index (χ0v) is 17.5. The fourth-order valence-corrected chi connectivity index (χ4v) is 4.09.